The third kappa shape index (κ3) is 4.71. The fourth-order valence-corrected chi connectivity index (χ4v) is 3.57. The quantitative estimate of drug-likeness (QED) is 0.647. The molecule has 3 aromatic rings. The van der Waals surface area contributed by atoms with Crippen LogP contribution in [0.3, 0.4) is 0 Å². The minimum absolute atomic E-state index is 0.0238. The normalized spacial score (nSPS) is 18.6. The third-order valence-electron chi connectivity index (χ3n) is 5.08. The molecule has 0 bridgehead atoms. The average molecular weight is 407 g/mol. The van der Waals surface area contributed by atoms with Crippen LogP contribution in [-0.2, 0) is 0 Å². The molecule has 0 atom stereocenters. The molecule has 1 saturated carbocycles. The molecule has 30 heavy (non-hydrogen) atoms. The molecule has 0 unspecified atom stereocenters. The van der Waals surface area contributed by atoms with Crippen molar-refractivity contribution < 1.29 is 13.9 Å². The van der Waals surface area contributed by atoms with E-state index < -0.39 is 5.91 Å². The van der Waals surface area contributed by atoms with Gasteiger partial charge in [-0.25, -0.2) is 19.3 Å². The number of amides is 1. The van der Waals surface area contributed by atoms with Gasteiger partial charge in [0.15, 0.2) is 5.82 Å². The zero-order valence-electron chi connectivity index (χ0n) is 16.3. The van der Waals surface area contributed by atoms with Gasteiger partial charge >= 0.3 is 0 Å². The maximum atomic E-state index is 13.5. The zero-order chi connectivity index (χ0) is 20.9. The van der Waals surface area contributed by atoms with Crippen molar-refractivity contribution in [2.75, 3.05) is 5.32 Å². The van der Waals surface area contributed by atoms with Crippen molar-refractivity contribution in [3.8, 4) is 17.3 Å². The van der Waals surface area contributed by atoms with Gasteiger partial charge in [0.2, 0.25) is 5.88 Å². The van der Waals surface area contributed by atoms with Gasteiger partial charge in [0.05, 0.1) is 0 Å². The van der Waals surface area contributed by atoms with Crippen LogP contribution in [0.15, 0.2) is 54.9 Å². The number of aromatic nitrogens is 3. The van der Waals surface area contributed by atoms with Gasteiger partial charge in [-0.05, 0) is 56.0 Å². The lowest BCUT2D eigenvalue weighted by Gasteiger charge is -2.29. The summed E-state index contributed by atoms with van der Waals surface area (Å²) >= 11 is 0. The summed E-state index contributed by atoms with van der Waals surface area (Å²) < 4.78 is 19.4. The Kier molecular flexibility index (Phi) is 5.83. The Balaban J connectivity index is 1.35. The average Bonchev–Trinajstić information content (AvgIpc) is 2.76. The Hall–Kier alpha value is -3.55. The van der Waals surface area contributed by atoms with Crippen molar-refractivity contribution in [2.24, 2.45) is 5.73 Å². The van der Waals surface area contributed by atoms with E-state index in [4.69, 9.17) is 10.5 Å². The van der Waals surface area contributed by atoms with E-state index >= 15 is 0 Å². The molecule has 1 aliphatic carbocycles. The van der Waals surface area contributed by atoms with E-state index in [0.717, 1.165) is 25.7 Å². The summed E-state index contributed by atoms with van der Waals surface area (Å²) in [6.07, 6.45) is 6.61. The van der Waals surface area contributed by atoms with Crippen molar-refractivity contribution in [3.63, 3.8) is 0 Å². The Labute approximate surface area is 173 Å². The topological polar surface area (TPSA) is 103 Å². The van der Waals surface area contributed by atoms with E-state index in [1.807, 2.05) is 0 Å². The number of primary amides is 1. The predicted molar refractivity (Wildman–Crippen MR) is 110 cm³/mol. The highest BCUT2D eigenvalue weighted by atomic mass is 19.1. The van der Waals surface area contributed by atoms with Crippen LogP contribution in [0.4, 0.5) is 10.2 Å². The van der Waals surface area contributed by atoms with Gasteiger partial charge < -0.3 is 15.8 Å². The molecule has 8 heteroatoms. The van der Waals surface area contributed by atoms with Crippen LogP contribution in [0.5, 0.6) is 5.88 Å². The lowest BCUT2D eigenvalue weighted by atomic mass is 9.93. The van der Waals surface area contributed by atoms with Crippen LogP contribution in [-0.4, -0.2) is 33.0 Å². The number of pyridine rings is 1. The lowest BCUT2D eigenvalue weighted by molar-refractivity contribution is 0.0983. The van der Waals surface area contributed by atoms with Crippen molar-refractivity contribution in [1.29, 1.82) is 0 Å². The fraction of sp³-hybridized carbons (Fsp3) is 0.273. The number of carbonyl (C=O) groups is 1. The van der Waals surface area contributed by atoms with E-state index in [1.165, 1.54) is 12.1 Å². The van der Waals surface area contributed by atoms with Crippen LogP contribution >= 0.6 is 0 Å². The van der Waals surface area contributed by atoms with Crippen molar-refractivity contribution in [1.82, 2.24) is 15.0 Å². The summed E-state index contributed by atoms with van der Waals surface area (Å²) in [7, 11) is 0. The number of rotatable bonds is 6. The summed E-state index contributed by atoms with van der Waals surface area (Å²) in [4.78, 5) is 24.4. The molecule has 7 nitrogen and oxygen atoms in total. The number of ether oxygens (including phenoxy) is 1. The number of nitrogens with one attached hydrogen (secondary N) is 1. The second kappa shape index (κ2) is 8.86. The number of anilines is 1. The Morgan fingerprint density at radius 3 is 2.67 bits per heavy atom. The van der Waals surface area contributed by atoms with Gasteiger partial charge in [-0.3, -0.25) is 4.79 Å². The van der Waals surface area contributed by atoms with E-state index in [2.05, 4.69) is 20.3 Å². The van der Waals surface area contributed by atoms with E-state index in [9.17, 15) is 9.18 Å². The number of nitrogens with two attached hydrogens (primary N) is 1. The van der Waals surface area contributed by atoms with Crippen molar-refractivity contribution in [3.05, 3.63) is 66.2 Å². The van der Waals surface area contributed by atoms with Crippen molar-refractivity contribution >= 4 is 11.7 Å². The number of hydrogen-bond acceptors (Lipinski definition) is 6. The number of carbonyl (C=O) groups excluding carboxylic acids is 1. The summed E-state index contributed by atoms with van der Waals surface area (Å²) in [5, 5.41) is 3.43. The highest BCUT2D eigenvalue weighted by molar-refractivity contribution is 5.94. The van der Waals surface area contributed by atoms with E-state index in [-0.39, 0.29) is 23.8 Å². The first-order chi connectivity index (χ1) is 14.6. The third-order valence-corrected chi connectivity index (χ3v) is 5.08. The Bertz CT molecular complexity index is 1040. The van der Waals surface area contributed by atoms with Crippen LogP contribution in [0, 0.1) is 5.82 Å². The summed E-state index contributed by atoms with van der Waals surface area (Å²) in [5.74, 6) is 0.600. The first-order valence-corrected chi connectivity index (χ1v) is 9.85. The molecule has 1 amide bonds. The number of hydrogen-bond donors (Lipinski definition) is 2. The molecule has 2 heterocycles. The first-order valence-electron chi connectivity index (χ1n) is 9.85. The molecule has 0 aliphatic heterocycles. The van der Waals surface area contributed by atoms with Gasteiger partial charge in [0.25, 0.3) is 5.91 Å². The molecule has 4 rings (SSSR count). The maximum Gasteiger partial charge on any atom is 0.254 e. The minimum Gasteiger partial charge on any atom is -0.474 e. The summed E-state index contributed by atoms with van der Waals surface area (Å²) in [5.41, 5.74) is 6.32. The fourth-order valence-electron chi connectivity index (χ4n) is 3.57. The van der Waals surface area contributed by atoms with Gasteiger partial charge in [-0.2, -0.15) is 0 Å². The summed E-state index contributed by atoms with van der Waals surface area (Å²) in [6.45, 7) is 0. The highest BCUT2D eigenvalue weighted by Crippen LogP contribution is 2.27. The number of halogens is 1. The van der Waals surface area contributed by atoms with Crippen LogP contribution < -0.4 is 15.8 Å². The standard InChI is InChI=1S/C22H22FN5O2/c23-15-4-1-3-14(13-15)21-25-12-10-19(28-21)27-16-6-8-17(9-7-16)30-22-18(20(24)29)5-2-11-26-22/h1-5,10-13,16-17H,6-9H2,(H2,24,29)(H,25,27,28)/t16-,17-. The maximum absolute atomic E-state index is 13.5. The molecule has 0 spiro atoms. The molecule has 1 aliphatic rings. The predicted octanol–water partition coefficient (Wildman–Crippen LogP) is 3.58. The molecule has 0 saturated heterocycles. The van der Waals surface area contributed by atoms with Gasteiger partial charge in [0.1, 0.15) is 23.3 Å². The smallest absolute Gasteiger partial charge is 0.254 e. The molecule has 1 aromatic carbocycles. The second-order valence-corrected chi connectivity index (χ2v) is 7.23. The number of benzene rings is 1. The first kappa shape index (κ1) is 19.8. The van der Waals surface area contributed by atoms with Crippen LogP contribution in [0.1, 0.15) is 36.0 Å². The second-order valence-electron chi connectivity index (χ2n) is 7.23. The van der Waals surface area contributed by atoms with Crippen LogP contribution in [0.25, 0.3) is 11.4 Å². The van der Waals surface area contributed by atoms with E-state index in [0.29, 0.717) is 22.8 Å². The molecular formula is C22H22FN5O2. The van der Waals surface area contributed by atoms with Gasteiger partial charge in [-0.1, -0.05) is 12.1 Å². The molecule has 2 aromatic heterocycles. The lowest BCUT2D eigenvalue weighted by Crippen LogP contribution is -2.32. The highest BCUT2D eigenvalue weighted by Gasteiger charge is 2.24. The zero-order valence-corrected chi connectivity index (χ0v) is 16.3. The van der Waals surface area contributed by atoms with Crippen LogP contribution in [0.2, 0.25) is 0 Å². The van der Waals surface area contributed by atoms with Crippen molar-refractivity contribution in [2.45, 2.75) is 37.8 Å². The SMILES string of the molecule is NC(=O)c1cccnc1O[C@H]1CC[C@H](Nc2ccnc(-c3cccc(F)c3)n2)CC1. The molecule has 3 N–H and O–H groups in total. The van der Waals surface area contributed by atoms with Gasteiger partial charge in [0, 0.05) is 24.0 Å². The molecule has 154 valence electrons. The molecule has 0 radical (unpaired) electrons. The van der Waals surface area contributed by atoms with E-state index in [1.54, 1.807) is 42.7 Å². The Morgan fingerprint density at radius 2 is 1.90 bits per heavy atom. The monoisotopic (exact) mass is 407 g/mol. The van der Waals surface area contributed by atoms with Gasteiger partial charge in [-0.15, -0.1) is 0 Å². The Morgan fingerprint density at radius 1 is 1.07 bits per heavy atom. The molecular weight excluding hydrogens is 385 g/mol. The summed E-state index contributed by atoms with van der Waals surface area (Å²) in [6, 6.07) is 11.5. The largest absolute Gasteiger partial charge is 0.474 e. The number of nitrogens with zero attached hydrogens (tertiary/aromatic N) is 3. The molecule has 1 fully saturated rings. The minimum atomic E-state index is -0.550.